The van der Waals surface area contributed by atoms with Gasteiger partial charge in [0.15, 0.2) is 5.76 Å². The first kappa shape index (κ1) is 19.7. The van der Waals surface area contributed by atoms with Gasteiger partial charge in [0, 0.05) is 26.2 Å². The third-order valence-corrected chi connectivity index (χ3v) is 5.59. The maximum atomic E-state index is 12.9. The van der Waals surface area contributed by atoms with Gasteiger partial charge in [-0.2, -0.15) is 0 Å². The molecule has 0 radical (unpaired) electrons. The molecule has 2 amide bonds. The Balaban J connectivity index is 1.42. The molecule has 2 aliphatic rings. The Bertz CT molecular complexity index is 825. The van der Waals surface area contributed by atoms with Gasteiger partial charge in [0.1, 0.15) is 17.6 Å². The van der Waals surface area contributed by atoms with E-state index in [0.29, 0.717) is 32.7 Å². The van der Waals surface area contributed by atoms with Crippen LogP contribution in [0.15, 0.2) is 39.4 Å². The van der Waals surface area contributed by atoms with E-state index in [1.807, 2.05) is 19.1 Å². The zero-order valence-corrected chi connectivity index (χ0v) is 16.6. The van der Waals surface area contributed by atoms with Crippen LogP contribution in [0.1, 0.15) is 41.0 Å². The summed E-state index contributed by atoms with van der Waals surface area (Å²) in [5.41, 5.74) is 0. The number of carbonyl (C=O) groups excluding carboxylic acids is 2. The first-order valence-electron chi connectivity index (χ1n) is 10.1. The number of carbonyl (C=O) groups is 2. The molecule has 0 bridgehead atoms. The average Bonchev–Trinajstić information content (AvgIpc) is 3.50. The van der Waals surface area contributed by atoms with Crippen molar-refractivity contribution in [3.8, 4) is 0 Å². The van der Waals surface area contributed by atoms with E-state index in [1.54, 1.807) is 17.0 Å². The predicted octanol–water partition coefficient (Wildman–Crippen LogP) is 1.98. The number of furan rings is 2. The lowest BCUT2D eigenvalue weighted by molar-refractivity contribution is -0.125. The molecule has 156 valence electrons. The molecule has 2 atom stereocenters. The normalized spacial score (nSPS) is 21.3. The van der Waals surface area contributed by atoms with Crippen LogP contribution in [0.25, 0.3) is 0 Å². The van der Waals surface area contributed by atoms with E-state index in [9.17, 15) is 9.59 Å². The summed E-state index contributed by atoms with van der Waals surface area (Å²) < 4.78 is 16.5. The molecule has 4 heterocycles. The Labute approximate surface area is 169 Å². The van der Waals surface area contributed by atoms with Gasteiger partial charge in [0.05, 0.1) is 25.5 Å². The van der Waals surface area contributed by atoms with E-state index < -0.39 is 6.04 Å². The second-order valence-corrected chi connectivity index (χ2v) is 7.49. The van der Waals surface area contributed by atoms with E-state index in [4.69, 9.17) is 13.6 Å². The van der Waals surface area contributed by atoms with Gasteiger partial charge in [-0.1, -0.05) is 0 Å². The first-order chi connectivity index (χ1) is 14.1. The number of nitrogens with zero attached hydrogens (tertiary/aromatic N) is 2. The Morgan fingerprint density at radius 1 is 1.21 bits per heavy atom. The van der Waals surface area contributed by atoms with E-state index in [2.05, 4.69) is 10.2 Å². The van der Waals surface area contributed by atoms with Crippen LogP contribution >= 0.6 is 0 Å². The topological polar surface area (TPSA) is 88.2 Å². The van der Waals surface area contributed by atoms with Gasteiger partial charge < -0.3 is 23.8 Å². The van der Waals surface area contributed by atoms with E-state index in [1.165, 1.54) is 6.26 Å². The number of amides is 2. The predicted molar refractivity (Wildman–Crippen MR) is 104 cm³/mol. The van der Waals surface area contributed by atoms with Crippen molar-refractivity contribution in [1.29, 1.82) is 0 Å². The molecule has 0 aliphatic carbocycles. The van der Waals surface area contributed by atoms with Crippen LogP contribution in [0.3, 0.4) is 0 Å². The molecule has 2 saturated heterocycles. The maximum Gasteiger partial charge on any atom is 0.290 e. The van der Waals surface area contributed by atoms with Crippen molar-refractivity contribution in [2.45, 2.75) is 31.8 Å². The number of rotatable bonds is 6. The third kappa shape index (κ3) is 4.38. The fourth-order valence-electron chi connectivity index (χ4n) is 4.07. The highest BCUT2D eigenvalue weighted by atomic mass is 16.5. The average molecular weight is 401 g/mol. The molecule has 29 heavy (non-hydrogen) atoms. The smallest absolute Gasteiger partial charge is 0.290 e. The number of hydrogen-bond donors (Lipinski definition) is 1. The van der Waals surface area contributed by atoms with Crippen LogP contribution in [0, 0.1) is 6.92 Å². The van der Waals surface area contributed by atoms with Crippen molar-refractivity contribution in [2.75, 3.05) is 39.4 Å². The molecule has 2 aromatic heterocycles. The minimum absolute atomic E-state index is 0.0628. The second kappa shape index (κ2) is 8.84. The number of hydrogen-bond acceptors (Lipinski definition) is 6. The summed E-state index contributed by atoms with van der Waals surface area (Å²) in [6, 6.07) is 6.67. The fraction of sp³-hybridized carbons (Fsp3) is 0.524. The highest BCUT2D eigenvalue weighted by Gasteiger charge is 2.36. The van der Waals surface area contributed by atoms with Gasteiger partial charge in [-0.25, -0.2) is 0 Å². The SMILES string of the molecule is Cc1ccc([C@H](CNC(=O)[C@H]2CCCN2C(=O)c2ccco2)N2CCOCC2)o1. The van der Waals surface area contributed by atoms with Crippen molar-refractivity contribution in [3.05, 3.63) is 47.8 Å². The molecule has 4 rings (SSSR count). The zero-order valence-electron chi connectivity index (χ0n) is 16.6. The fourth-order valence-corrected chi connectivity index (χ4v) is 4.07. The number of likely N-dealkylation sites (tertiary alicyclic amines) is 1. The molecule has 8 heteroatoms. The highest BCUT2D eigenvalue weighted by molar-refractivity contribution is 5.95. The lowest BCUT2D eigenvalue weighted by Gasteiger charge is -2.34. The van der Waals surface area contributed by atoms with E-state index in [-0.39, 0.29) is 23.6 Å². The summed E-state index contributed by atoms with van der Waals surface area (Å²) >= 11 is 0. The van der Waals surface area contributed by atoms with Crippen LogP contribution < -0.4 is 5.32 Å². The van der Waals surface area contributed by atoms with Gasteiger partial charge in [-0.05, 0) is 44.0 Å². The molecule has 0 aromatic carbocycles. The molecule has 0 spiro atoms. The summed E-state index contributed by atoms with van der Waals surface area (Å²) in [7, 11) is 0. The van der Waals surface area contributed by atoms with Gasteiger partial charge >= 0.3 is 0 Å². The Kier molecular flexibility index (Phi) is 6.01. The van der Waals surface area contributed by atoms with Crippen LogP contribution in [-0.2, 0) is 9.53 Å². The van der Waals surface area contributed by atoms with Gasteiger partial charge in [-0.15, -0.1) is 0 Å². The molecule has 2 aliphatic heterocycles. The Morgan fingerprint density at radius 2 is 2.03 bits per heavy atom. The van der Waals surface area contributed by atoms with Crippen LogP contribution in [-0.4, -0.2) is 67.0 Å². The number of ether oxygens (including phenoxy) is 1. The highest BCUT2D eigenvalue weighted by Crippen LogP contribution is 2.24. The zero-order chi connectivity index (χ0) is 20.2. The minimum Gasteiger partial charge on any atom is -0.465 e. The molecule has 2 fully saturated rings. The third-order valence-electron chi connectivity index (χ3n) is 5.59. The monoisotopic (exact) mass is 401 g/mol. The van der Waals surface area contributed by atoms with Crippen molar-refractivity contribution >= 4 is 11.8 Å². The van der Waals surface area contributed by atoms with Crippen molar-refractivity contribution < 1.29 is 23.2 Å². The van der Waals surface area contributed by atoms with Crippen LogP contribution in [0.5, 0.6) is 0 Å². The van der Waals surface area contributed by atoms with Crippen LogP contribution in [0.4, 0.5) is 0 Å². The molecule has 2 aromatic rings. The standard InChI is InChI=1S/C21H27N3O5/c1-15-6-7-18(29-15)17(23-9-12-27-13-10-23)14-22-20(25)16-4-2-8-24(16)21(26)19-5-3-11-28-19/h3,5-7,11,16-17H,2,4,8-10,12-14H2,1H3,(H,22,25)/t16-,17+/m1/s1. The Hall–Kier alpha value is -2.58. The summed E-state index contributed by atoms with van der Waals surface area (Å²) in [6.07, 6.45) is 2.92. The number of nitrogens with one attached hydrogen (secondary N) is 1. The number of aryl methyl sites for hydroxylation is 1. The van der Waals surface area contributed by atoms with Crippen LogP contribution in [0.2, 0.25) is 0 Å². The molecular weight excluding hydrogens is 374 g/mol. The lowest BCUT2D eigenvalue weighted by Crippen LogP contribution is -2.49. The lowest BCUT2D eigenvalue weighted by atomic mass is 10.1. The van der Waals surface area contributed by atoms with Crippen molar-refractivity contribution in [3.63, 3.8) is 0 Å². The van der Waals surface area contributed by atoms with E-state index >= 15 is 0 Å². The van der Waals surface area contributed by atoms with Gasteiger partial charge in [0.25, 0.3) is 5.91 Å². The largest absolute Gasteiger partial charge is 0.465 e. The molecule has 8 nitrogen and oxygen atoms in total. The molecular formula is C21H27N3O5. The molecule has 1 N–H and O–H groups in total. The van der Waals surface area contributed by atoms with Gasteiger partial charge in [-0.3, -0.25) is 14.5 Å². The van der Waals surface area contributed by atoms with Crippen molar-refractivity contribution in [2.24, 2.45) is 0 Å². The second-order valence-electron chi connectivity index (χ2n) is 7.49. The van der Waals surface area contributed by atoms with Crippen molar-refractivity contribution in [1.82, 2.24) is 15.1 Å². The minimum atomic E-state index is -0.476. The maximum absolute atomic E-state index is 12.9. The van der Waals surface area contributed by atoms with E-state index in [0.717, 1.165) is 31.0 Å². The summed E-state index contributed by atoms with van der Waals surface area (Å²) in [5.74, 6) is 1.57. The number of morpholine rings is 1. The quantitative estimate of drug-likeness (QED) is 0.796. The Morgan fingerprint density at radius 3 is 2.72 bits per heavy atom. The summed E-state index contributed by atoms with van der Waals surface area (Å²) in [5, 5.41) is 3.05. The summed E-state index contributed by atoms with van der Waals surface area (Å²) in [4.78, 5) is 29.5. The molecule has 0 saturated carbocycles. The first-order valence-corrected chi connectivity index (χ1v) is 10.1. The molecule has 0 unspecified atom stereocenters. The van der Waals surface area contributed by atoms with Gasteiger partial charge in [0.2, 0.25) is 5.91 Å². The summed E-state index contributed by atoms with van der Waals surface area (Å²) in [6.45, 7) is 5.79.